The molecule has 0 bridgehead atoms. The van der Waals surface area contributed by atoms with Crippen LogP contribution in [0.5, 0.6) is 0 Å². The first kappa shape index (κ1) is 15.9. The third kappa shape index (κ3) is 4.02. The summed E-state index contributed by atoms with van der Waals surface area (Å²) >= 11 is 0. The van der Waals surface area contributed by atoms with E-state index in [0.29, 0.717) is 16.8 Å². The molecule has 0 aliphatic carbocycles. The number of aryl methyl sites for hydroxylation is 1. The summed E-state index contributed by atoms with van der Waals surface area (Å²) in [7, 11) is 0. The molecule has 4 nitrogen and oxygen atoms in total. The van der Waals surface area contributed by atoms with Gasteiger partial charge in [-0.25, -0.2) is 0 Å². The maximum Gasteiger partial charge on any atom is 0.238 e. The number of hydrogen-bond donors (Lipinski definition) is 2. The zero-order chi connectivity index (χ0) is 15.9. The van der Waals surface area contributed by atoms with Gasteiger partial charge in [-0.3, -0.25) is 9.59 Å². The molecule has 0 saturated carbocycles. The molecule has 0 spiro atoms. The highest BCUT2D eigenvalue weighted by Gasteiger charge is 2.15. The lowest BCUT2D eigenvalue weighted by atomic mass is 9.99. The Labute approximate surface area is 130 Å². The summed E-state index contributed by atoms with van der Waals surface area (Å²) in [5.74, 6) is -0.254. The Balaban J connectivity index is 2.28. The van der Waals surface area contributed by atoms with Crippen LogP contribution < -0.4 is 10.6 Å². The first-order valence-electron chi connectivity index (χ1n) is 7.32. The minimum Gasteiger partial charge on any atom is -0.324 e. The molecule has 4 heteroatoms. The largest absolute Gasteiger partial charge is 0.324 e. The van der Waals surface area contributed by atoms with Crippen molar-refractivity contribution in [1.82, 2.24) is 5.32 Å². The lowest BCUT2D eigenvalue weighted by molar-refractivity contribution is -0.115. The highest BCUT2D eigenvalue weighted by Crippen LogP contribution is 2.21. The number of hydrogen-bond acceptors (Lipinski definition) is 3. The molecule has 22 heavy (non-hydrogen) atoms. The third-order valence-electron chi connectivity index (χ3n) is 3.27. The van der Waals surface area contributed by atoms with Crippen LogP contribution in [0.15, 0.2) is 48.5 Å². The minimum absolute atomic E-state index is 0.0944. The summed E-state index contributed by atoms with van der Waals surface area (Å²) < 4.78 is 0. The summed E-state index contributed by atoms with van der Waals surface area (Å²) in [5, 5.41) is 5.76. The number of carbonyl (C=O) groups is 2. The van der Waals surface area contributed by atoms with E-state index in [9.17, 15) is 9.59 Å². The summed E-state index contributed by atoms with van der Waals surface area (Å²) in [6.45, 7) is 4.80. The van der Waals surface area contributed by atoms with E-state index in [1.807, 2.05) is 38.1 Å². The van der Waals surface area contributed by atoms with Gasteiger partial charge in [0, 0.05) is 11.1 Å². The van der Waals surface area contributed by atoms with Crippen molar-refractivity contribution in [2.24, 2.45) is 0 Å². The van der Waals surface area contributed by atoms with Gasteiger partial charge in [0.2, 0.25) is 5.91 Å². The number of amides is 1. The van der Waals surface area contributed by atoms with E-state index in [2.05, 4.69) is 10.6 Å². The summed E-state index contributed by atoms with van der Waals surface area (Å²) in [4.78, 5) is 24.5. The van der Waals surface area contributed by atoms with Gasteiger partial charge in [-0.15, -0.1) is 0 Å². The highest BCUT2D eigenvalue weighted by molar-refractivity contribution is 6.14. The first-order valence-corrected chi connectivity index (χ1v) is 7.32. The fraction of sp³-hybridized carbons (Fsp3) is 0.222. The average Bonchev–Trinajstić information content (AvgIpc) is 2.54. The number of ketones is 1. The molecule has 0 atom stereocenters. The molecular formula is C18H20N2O2. The molecule has 0 fully saturated rings. The van der Waals surface area contributed by atoms with Crippen molar-refractivity contribution in [2.75, 3.05) is 18.4 Å². The van der Waals surface area contributed by atoms with E-state index in [1.165, 1.54) is 0 Å². The molecule has 0 saturated heterocycles. The number of nitrogens with one attached hydrogen (secondary N) is 2. The second kappa shape index (κ2) is 7.52. The number of rotatable bonds is 6. The summed E-state index contributed by atoms with van der Waals surface area (Å²) in [6.07, 6.45) is 0. The Morgan fingerprint density at radius 1 is 1.05 bits per heavy atom. The topological polar surface area (TPSA) is 58.2 Å². The molecular weight excluding hydrogens is 276 g/mol. The van der Waals surface area contributed by atoms with Gasteiger partial charge in [0.1, 0.15) is 0 Å². The molecule has 0 radical (unpaired) electrons. The van der Waals surface area contributed by atoms with Crippen LogP contribution in [-0.4, -0.2) is 24.8 Å². The molecule has 0 aliphatic heterocycles. The fourth-order valence-electron chi connectivity index (χ4n) is 2.13. The Kier molecular flexibility index (Phi) is 5.44. The molecule has 2 aromatic carbocycles. The smallest absolute Gasteiger partial charge is 0.238 e. The van der Waals surface area contributed by atoms with Crippen LogP contribution in [0.25, 0.3) is 0 Å². The lowest BCUT2D eigenvalue weighted by Crippen LogP contribution is -2.28. The monoisotopic (exact) mass is 296 g/mol. The van der Waals surface area contributed by atoms with E-state index >= 15 is 0 Å². The van der Waals surface area contributed by atoms with Crippen molar-refractivity contribution in [3.8, 4) is 0 Å². The van der Waals surface area contributed by atoms with E-state index in [1.54, 1.807) is 24.3 Å². The van der Waals surface area contributed by atoms with Crippen LogP contribution in [0, 0.1) is 6.92 Å². The van der Waals surface area contributed by atoms with E-state index in [4.69, 9.17) is 0 Å². The Morgan fingerprint density at radius 2 is 1.77 bits per heavy atom. The van der Waals surface area contributed by atoms with Crippen molar-refractivity contribution in [1.29, 1.82) is 0 Å². The average molecular weight is 296 g/mol. The molecule has 0 aromatic heterocycles. The zero-order valence-electron chi connectivity index (χ0n) is 12.8. The van der Waals surface area contributed by atoms with E-state index < -0.39 is 0 Å². The van der Waals surface area contributed by atoms with Crippen molar-refractivity contribution >= 4 is 17.4 Å². The van der Waals surface area contributed by atoms with Gasteiger partial charge < -0.3 is 10.6 Å². The Morgan fingerprint density at radius 3 is 2.45 bits per heavy atom. The molecule has 1 amide bonds. The van der Waals surface area contributed by atoms with E-state index in [-0.39, 0.29) is 18.2 Å². The van der Waals surface area contributed by atoms with Gasteiger partial charge in [-0.1, -0.05) is 48.9 Å². The standard InChI is InChI=1S/C18H20N2O2/c1-3-19-12-17(21)20-16-10-9-13(2)11-15(16)18(22)14-7-5-4-6-8-14/h4-11,19H,3,12H2,1-2H3,(H,20,21). The second-order valence-corrected chi connectivity index (χ2v) is 5.07. The molecule has 114 valence electrons. The highest BCUT2D eigenvalue weighted by atomic mass is 16.2. The van der Waals surface area contributed by atoms with Crippen LogP contribution >= 0.6 is 0 Å². The van der Waals surface area contributed by atoms with Crippen LogP contribution in [0.2, 0.25) is 0 Å². The number of likely N-dealkylation sites (N-methyl/N-ethyl adjacent to an activating group) is 1. The van der Waals surface area contributed by atoms with Crippen molar-refractivity contribution in [3.05, 3.63) is 65.2 Å². The lowest BCUT2D eigenvalue weighted by Gasteiger charge is -2.12. The van der Waals surface area contributed by atoms with Gasteiger partial charge in [0.05, 0.1) is 12.2 Å². The number of carbonyl (C=O) groups excluding carboxylic acids is 2. The molecule has 2 aromatic rings. The minimum atomic E-state index is -0.159. The molecule has 2 N–H and O–H groups in total. The van der Waals surface area contributed by atoms with Crippen LogP contribution in [0.1, 0.15) is 28.4 Å². The third-order valence-corrected chi connectivity index (χ3v) is 3.27. The quantitative estimate of drug-likeness (QED) is 0.806. The predicted octanol–water partition coefficient (Wildman–Crippen LogP) is 2.77. The number of anilines is 1. The van der Waals surface area contributed by atoms with Gasteiger partial charge in [-0.2, -0.15) is 0 Å². The fourth-order valence-corrected chi connectivity index (χ4v) is 2.13. The molecule has 2 rings (SSSR count). The van der Waals surface area contributed by atoms with Crippen molar-refractivity contribution in [3.63, 3.8) is 0 Å². The van der Waals surface area contributed by atoms with Crippen LogP contribution in [-0.2, 0) is 4.79 Å². The Bertz CT molecular complexity index is 666. The van der Waals surface area contributed by atoms with Crippen molar-refractivity contribution < 1.29 is 9.59 Å². The van der Waals surface area contributed by atoms with Gasteiger partial charge in [0.25, 0.3) is 0 Å². The first-order chi connectivity index (χ1) is 10.6. The molecule has 0 heterocycles. The maximum absolute atomic E-state index is 12.6. The summed E-state index contributed by atoms with van der Waals surface area (Å²) in [5.41, 5.74) is 2.64. The number of benzene rings is 2. The molecule has 0 aliphatic rings. The van der Waals surface area contributed by atoms with Gasteiger partial charge in [0.15, 0.2) is 5.78 Å². The normalized spacial score (nSPS) is 10.3. The predicted molar refractivity (Wildman–Crippen MR) is 88.2 cm³/mol. The summed E-state index contributed by atoms with van der Waals surface area (Å²) in [6, 6.07) is 14.5. The van der Waals surface area contributed by atoms with Crippen LogP contribution in [0.3, 0.4) is 0 Å². The zero-order valence-corrected chi connectivity index (χ0v) is 12.8. The molecule has 0 unspecified atom stereocenters. The van der Waals surface area contributed by atoms with E-state index in [0.717, 1.165) is 12.1 Å². The second-order valence-electron chi connectivity index (χ2n) is 5.07. The van der Waals surface area contributed by atoms with Gasteiger partial charge >= 0.3 is 0 Å². The maximum atomic E-state index is 12.6. The SMILES string of the molecule is CCNCC(=O)Nc1ccc(C)cc1C(=O)c1ccccc1. The van der Waals surface area contributed by atoms with Crippen molar-refractivity contribution in [2.45, 2.75) is 13.8 Å². The van der Waals surface area contributed by atoms with Gasteiger partial charge in [-0.05, 0) is 25.6 Å². The Hall–Kier alpha value is -2.46. The van der Waals surface area contributed by atoms with Crippen LogP contribution in [0.4, 0.5) is 5.69 Å².